The highest BCUT2D eigenvalue weighted by Crippen LogP contribution is 2.32. The van der Waals surface area contributed by atoms with Crippen LogP contribution in [0.5, 0.6) is 5.75 Å². The quantitative estimate of drug-likeness (QED) is 0.326. The van der Waals surface area contributed by atoms with Crippen LogP contribution >= 0.6 is 11.6 Å². The summed E-state index contributed by atoms with van der Waals surface area (Å²) < 4.78 is 6.06. The van der Waals surface area contributed by atoms with Gasteiger partial charge in [0.15, 0.2) is 0 Å². The Kier molecular flexibility index (Phi) is 8.63. The summed E-state index contributed by atoms with van der Waals surface area (Å²) in [6, 6.07) is 16.2. The third-order valence-corrected chi connectivity index (χ3v) is 7.39. The first kappa shape index (κ1) is 26.2. The lowest BCUT2D eigenvalue weighted by atomic mass is 9.91. The second-order valence-electron chi connectivity index (χ2n) is 9.59. The number of ether oxygens (including phenoxy) is 1. The normalized spacial score (nSPS) is 16.1. The Morgan fingerprint density at radius 2 is 1.81 bits per heavy atom. The Hall–Kier alpha value is -2.92. The van der Waals surface area contributed by atoms with E-state index in [1.54, 1.807) is 6.07 Å². The van der Waals surface area contributed by atoms with Gasteiger partial charge >= 0.3 is 0 Å². The second kappa shape index (κ2) is 11.9. The van der Waals surface area contributed by atoms with Crippen molar-refractivity contribution in [3.8, 4) is 16.9 Å². The van der Waals surface area contributed by atoms with Crippen molar-refractivity contribution in [1.82, 2.24) is 4.90 Å². The van der Waals surface area contributed by atoms with E-state index in [0.717, 1.165) is 49.9 Å². The maximum Gasteiger partial charge on any atom is 0.150 e. The van der Waals surface area contributed by atoms with Crippen LogP contribution in [0.3, 0.4) is 0 Å². The second-order valence-corrected chi connectivity index (χ2v) is 10.00. The molecule has 1 atom stereocenters. The molecule has 5 heteroatoms. The van der Waals surface area contributed by atoms with E-state index >= 15 is 0 Å². The molecule has 4 rings (SSSR count). The maximum atomic E-state index is 11.2. The molecule has 36 heavy (non-hydrogen) atoms. The van der Waals surface area contributed by atoms with Crippen molar-refractivity contribution in [2.75, 3.05) is 19.6 Å². The highest BCUT2D eigenvalue weighted by molar-refractivity contribution is 6.32. The van der Waals surface area contributed by atoms with Crippen molar-refractivity contribution in [2.24, 2.45) is 0 Å². The highest BCUT2D eigenvalue weighted by Gasteiger charge is 2.18. The zero-order valence-electron chi connectivity index (χ0n) is 21.3. The smallest absolute Gasteiger partial charge is 0.150 e. The van der Waals surface area contributed by atoms with Crippen LogP contribution in [0, 0.1) is 20.8 Å². The molecule has 0 bridgehead atoms. The van der Waals surface area contributed by atoms with E-state index in [4.69, 9.17) is 16.3 Å². The van der Waals surface area contributed by atoms with Crippen molar-refractivity contribution in [2.45, 2.75) is 46.3 Å². The molecule has 3 aromatic carbocycles. The third kappa shape index (κ3) is 6.07. The van der Waals surface area contributed by atoms with Gasteiger partial charge in [-0.15, -0.1) is 0 Å². The average Bonchev–Trinajstić information content (AvgIpc) is 3.28. The number of aldehydes is 1. The van der Waals surface area contributed by atoms with Crippen molar-refractivity contribution in [3.05, 3.63) is 93.0 Å². The van der Waals surface area contributed by atoms with Crippen LogP contribution in [0.2, 0.25) is 5.02 Å². The number of benzene rings is 3. The fraction of sp³-hybridized carbons (Fsp3) is 0.323. The van der Waals surface area contributed by atoms with E-state index in [2.05, 4.69) is 67.3 Å². The number of β-amino-alcohol motifs (C(OH)–C–C–N with tert-alkyl or cyclic N) is 1. The molecule has 1 aliphatic heterocycles. The minimum atomic E-state index is -0.165. The summed E-state index contributed by atoms with van der Waals surface area (Å²) in [6.45, 7) is 9.32. The molecule has 1 N–H and O–H groups in total. The molecular weight excluding hydrogens is 470 g/mol. The molecule has 1 unspecified atom stereocenters. The average molecular weight is 504 g/mol. The topological polar surface area (TPSA) is 49.8 Å². The van der Waals surface area contributed by atoms with E-state index < -0.39 is 0 Å². The first-order valence-corrected chi connectivity index (χ1v) is 12.9. The zero-order chi connectivity index (χ0) is 25.7. The third-order valence-electron chi connectivity index (χ3n) is 7.10. The van der Waals surface area contributed by atoms with E-state index in [0.29, 0.717) is 22.9 Å². The Morgan fingerprint density at radius 1 is 1.06 bits per heavy atom. The van der Waals surface area contributed by atoms with Gasteiger partial charge < -0.3 is 14.7 Å². The van der Waals surface area contributed by atoms with Crippen molar-refractivity contribution < 1.29 is 14.6 Å². The van der Waals surface area contributed by atoms with Gasteiger partial charge in [-0.05, 0) is 84.7 Å². The van der Waals surface area contributed by atoms with Gasteiger partial charge in [-0.25, -0.2) is 0 Å². The van der Waals surface area contributed by atoms with E-state index in [1.807, 2.05) is 13.0 Å². The molecule has 0 spiro atoms. The SMILES string of the molecule is Cc1cc(OCc2cccc(-c3cccc(C=CCCN4CCC(O)C4)c3C)c2C)c(Cl)cc1C=O. The largest absolute Gasteiger partial charge is 0.487 e. The maximum absolute atomic E-state index is 11.2. The number of aryl methyl sites for hydroxylation is 1. The van der Waals surface area contributed by atoms with Crippen LogP contribution in [0.15, 0.2) is 54.6 Å². The summed E-state index contributed by atoms with van der Waals surface area (Å²) in [5, 5.41) is 10.1. The number of hydrogen-bond acceptors (Lipinski definition) is 4. The lowest BCUT2D eigenvalue weighted by Crippen LogP contribution is -2.22. The van der Waals surface area contributed by atoms with Crippen LogP contribution < -0.4 is 4.74 Å². The molecule has 0 aliphatic carbocycles. The van der Waals surface area contributed by atoms with E-state index in [9.17, 15) is 9.90 Å². The summed E-state index contributed by atoms with van der Waals surface area (Å²) in [7, 11) is 0. The van der Waals surface area contributed by atoms with Crippen LogP contribution in [0.4, 0.5) is 0 Å². The number of aliphatic hydroxyl groups excluding tert-OH is 1. The Labute approximate surface area is 219 Å². The van der Waals surface area contributed by atoms with Crippen LogP contribution in [-0.2, 0) is 6.61 Å². The Balaban J connectivity index is 1.49. The lowest BCUT2D eigenvalue weighted by Gasteiger charge is -2.16. The molecule has 0 saturated carbocycles. The van der Waals surface area contributed by atoms with E-state index in [1.165, 1.54) is 27.8 Å². The summed E-state index contributed by atoms with van der Waals surface area (Å²) in [4.78, 5) is 13.5. The van der Waals surface area contributed by atoms with Gasteiger partial charge in [0.05, 0.1) is 11.1 Å². The molecule has 1 heterocycles. The number of rotatable bonds is 9. The van der Waals surface area contributed by atoms with Crippen LogP contribution in [-0.4, -0.2) is 42.0 Å². The summed E-state index contributed by atoms with van der Waals surface area (Å²) in [5.41, 5.74) is 8.54. The number of nitrogens with zero attached hydrogens (tertiary/aromatic N) is 1. The Morgan fingerprint density at radius 3 is 2.53 bits per heavy atom. The molecule has 0 radical (unpaired) electrons. The van der Waals surface area contributed by atoms with E-state index in [-0.39, 0.29) is 6.10 Å². The minimum absolute atomic E-state index is 0.165. The van der Waals surface area contributed by atoms with Gasteiger partial charge in [0.25, 0.3) is 0 Å². The molecule has 0 amide bonds. The predicted molar refractivity (Wildman–Crippen MR) is 148 cm³/mol. The van der Waals surface area contributed by atoms with Crippen molar-refractivity contribution in [1.29, 1.82) is 0 Å². The molecule has 1 fully saturated rings. The minimum Gasteiger partial charge on any atom is -0.487 e. The fourth-order valence-corrected chi connectivity index (χ4v) is 5.03. The van der Waals surface area contributed by atoms with Crippen LogP contribution in [0.25, 0.3) is 17.2 Å². The number of halogens is 1. The molecule has 188 valence electrons. The standard InChI is InChI=1S/C31H34ClNO3/c1-21-16-31(30(32)17-26(21)19-34)36-20-25-10-7-12-29(23(25)3)28-11-6-9-24(22(28)2)8-4-5-14-33-15-13-27(35)18-33/h4,6-12,16-17,19,27,35H,5,13-15,18,20H2,1-3H3. The number of hydrogen-bond donors (Lipinski definition) is 1. The molecule has 4 nitrogen and oxygen atoms in total. The highest BCUT2D eigenvalue weighted by atomic mass is 35.5. The van der Waals surface area contributed by atoms with Crippen LogP contribution in [0.1, 0.15) is 51.0 Å². The Bertz CT molecular complexity index is 1270. The zero-order valence-corrected chi connectivity index (χ0v) is 22.0. The van der Waals surface area contributed by atoms with Crippen molar-refractivity contribution >= 4 is 24.0 Å². The van der Waals surface area contributed by atoms with Gasteiger partial charge in [-0.1, -0.05) is 60.2 Å². The monoisotopic (exact) mass is 503 g/mol. The van der Waals surface area contributed by atoms with Gasteiger partial charge in [-0.2, -0.15) is 0 Å². The van der Waals surface area contributed by atoms with Gasteiger partial charge in [0, 0.05) is 25.2 Å². The fourth-order valence-electron chi connectivity index (χ4n) is 4.80. The summed E-state index contributed by atoms with van der Waals surface area (Å²) in [6.07, 6.45) is 6.94. The van der Waals surface area contributed by atoms with Gasteiger partial charge in [0.1, 0.15) is 18.6 Å². The predicted octanol–water partition coefficient (Wildman–Crippen LogP) is 6.79. The summed E-state index contributed by atoms with van der Waals surface area (Å²) >= 11 is 6.34. The molecular formula is C31H34ClNO3. The molecule has 0 aromatic heterocycles. The number of carbonyl (C=O) groups excluding carboxylic acids is 1. The summed E-state index contributed by atoms with van der Waals surface area (Å²) in [5.74, 6) is 0.580. The van der Waals surface area contributed by atoms with Gasteiger partial charge in [0.2, 0.25) is 0 Å². The van der Waals surface area contributed by atoms with Gasteiger partial charge in [-0.3, -0.25) is 4.79 Å². The lowest BCUT2D eigenvalue weighted by molar-refractivity contribution is 0.112. The first-order chi connectivity index (χ1) is 17.4. The number of carbonyl (C=O) groups is 1. The number of likely N-dealkylation sites (tertiary alicyclic amines) is 1. The molecule has 1 saturated heterocycles. The van der Waals surface area contributed by atoms with Crippen molar-refractivity contribution in [3.63, 3.8) is 0 Å². The molecule has 3 aromatic rings. The first-order valence-electron chi connectivity index (χ1n) is 12.5. The number of aliphatic hydroxyl groups is 1. The molecule has 1 aliphatic rings.